The van der Waals surface area contributed by atoms with Gasteiger partial charge in [-0.3, -0.25) is 4.98 Å². The summed E-state index contributed by atoms with van der Waals surface area (Å²) in [7, 11) is 0. The summed E-state index contributed by atoms with van der Waals surface area (Å²) in [6, 6.07) is 0. The molecule has 2 heterocycles. The molecule has 0 amide bonds. The highest BCUT2D eigenvalue weighted by Gasteiger charge is 2.11. The van der Waals surface area contributed by atoms with Crippen LogP contribution in [0.15, 0.2) is 11.7 Å². The molecule has 4 nitrogen and oxygen atoms in total. The summed E-state index contributed by atoms with van der Waals surface area (Å²) in [5.41, 5.74) is 4.04. The van der Waals surface area contributed by atoms with Gasteiger partial charge in [0.1, 0.15) is 5.82 Å². The normalized spacial score (nSPS) is 10.5. The molecule has 17 heavy (non-hydrogen) atoms. The molecule has 0 bridgehead atoms. The minimum atomic E-state index is 0.769. The number of anilines is 1. The van der Waals surface area contributed by atoms with E-state index in [9.17, 15) is 0 Å². The molecule has 0 radical (unpaired) electrons. The molecular weight excluding hydrogens is 232 g/mol. The van der Waals surface area contributed by atoms with Gasteiger partial charge in [0, 0.05) is 24.0 Å². The van der Waals surface area contributed by atoms with Crippen molar-refractivity contribution in [2.75, 3.05) is 11.9 Å². The van der Waals surface area contributed by atoms with Crippen LogP contribution in [0.1, 0.15) is 25.1 Å². The Bertz CT molecular complexity index is 493. The predicted molar refractivity (Wildman–Crippen MR) is 71.4 cm³/mol. The smallest absolute Gasteiger partial charge is 0.173 e. The lowest BCUT2D eigenvalue weighted by Crippen LogP contribution is -2.07. The molecule has 0 aliphatic rings. The van der Waals surface area contributed by atoms with Gasteiger partial charge in [-0.05, 0) is 20.3 Å². The molecule has 0 spiro atoms. The number of nitrogens with one attached hydrogen (secondary N) is 1. The fraction of sp³-hybridized carbons (Fsp3) is 0.417. The van der Waals surface area contributed by atoms with E-state index in [1.165, 1.54) is 0 Å². The Kier molecular flexibility index (Phi) is 3.68. The Morgan fingerprint density at radius 1 is 1.29 bits per heavy atom. The second kappa shape index (κ2) is 5.23. The van der Waals surface area contributed by atoms with Gasteiger partial charge >= 0.3 is 0 Å². The van der Waals surface area contributed by atoms with Crippen LogP contribution < -0.4 is 5.32 Å². The first-order valence-electron chi connectivity index (χ1n) is 5.76. The zero-order chi connectivity index (χ0) is 12.3. The van der Waals surface area contributed by atoms with E-state index in [0.717, 1.165) is 40.7 Å². The Morgan fingerprint density at radius 3 is 2.71 bits per heavy atom. The second-order valence-electron chi connectivity index (χ2n) is 3.72. The summed E-state index contributed by atoms with van der Waals surface area (Å²) in [5.74, 6) is 1.70. The van der Waals surface area contributed by atoms with Crippen LogP contribution in [0.2, 0.25) is 0 Å². The number of nitrogens with zero attached hydrogens (tertiary/aromatic N) is 3. The average Bonchev–Trinajstić information content (AvgIpc) is 2.85. The first-order valence-corrected chi connectivity index (χ1v) is 6.64. The van der Waals surface area contributed by atoms with E-state index in [1.54, 1.807) is 16.8 Å². The molecule has 0 atom stereocenters. The number of aromatic nitrogens is 3. The third-order valence-electron chi connectivity index (χ3n) is 2.58. The third-order valence-corrected chi connectivity index (χ3v) is 3.35. The van der Waals surface area contributed by atoms with Crippen molar-refractivity contribution in [2.45, 2.75) is 27.2 Å². The molecular formula is C12H16N4S. The van der Waals surface area contributed by atoms with Gasteiger partial charge in [-0.15, -0.1) is 11.3 Å². The monoisotopic (exact) mass is 248 g/mol. The molecule has 90 valence electrons. The van der Waals surface area contributed by atoms with Crippen LogP contribution in [0.4, 0.5) is 5.82 Å². The summed E-state index contributed by atoms with van der Waals surface area (Å²) in [5, 5.41) is 3.29. The van der Waals surface area contributed by atoms with Crippen molar-refractivity contribution in [2.24, 2.45) is 0 Å². The van der Waals surface area contributed by atoms with Crippen molar-refractivity contribution < 1.29 is 0 Å². The summed E-state index contributed by atoms with van der Waals surface area (Å²) in [4.78, 5) is 14.2. The lowest BCUT2D eigenvalue weighted by Gasteiger charge is -2.11. The Labute approximate surface area is 105 Å². The molecule has 1 N–H and O–H groups in total. The van der Waals surface area contributed by atoms with Gasteiger partial charge in [0.2, 0.25) is 0 Å². The largest absolute Gasteiger partial charge is 0.370 e. The van der Waals surface area contributed by atoms with E-state index in [2.05, 4.69) is 41.0 Å². The molecule has 5 heteroatoms. The topological polar surface area (TPSA) is 50.7 Å². The van der Waals surface area contributed by atoms with Crippen LogP contribution in [-0.2, 0) is 6.42 Å². The van der Waals surface area contributed by atoms with E-state index < -0.39 is 0 Å². The van der Waals surface area contributed by atoms with Gasteiger partial charge in [0.25, 0.3) is 0 Å². The number of thiazole rings is 1. The molecule has 0 saturated carbocycles. The highest BCUT2D eigenvalue weighted by molar-refractivity contribution is 7.13. The Balaban J connectivity index is 2.50. The van der Waals surface area contributed by atoms with Crippen LogP contribution >= 0.6 is 11.3 Å². The fourth-order valence-corrected chi connectivity index (χ4v) is 2.24. The summed E-state index contributed by atoms with van der Waals surface area (Å²) >= 11 is 1.56. The number of hydrogen-bond acceptors (Lipinski definition) is 5. The van der Waals surface area contributed by atoms with Gasteiger partial charge in [0.15, 0.2) is 5.82 Å². The summed E-state index contributed by atoms with van der Waals surface area (Å²) in [6.07, 6.45) is 2.73. The van der Waals surface area contributed by atoms with Crippen molar-refractivity contribution >= 4 is 17.2 Å². The molecule has 2 rings (SSSR count). The fourth-order valence-electron chi connectivity index (χ4n) is 1.68. The molecule has 0 fully saturated rings. The van der Waals surface area contributed by atoms with Crippen LogP contribution in [0, 0.1) is 6.92 Å². The standard InChI is InChI=1S/C12H16N4S/c1-4-9-8(3)11(14-5-2)16-12(15-9)10-6-13-7-17-10/h6-7H,4-5H2,1-3H3,(H,14,15,16). The highest BCUT2D eigenvalue weighted by atomic mass is 32.1. The molecule has 2 aromatic heterocycles. The first-order chi connectivity index (χ1) is 8.26. The molecule has 0 saturated heterocycles. The van der Waals surface area contributed by atoms with Crippen LogP contribution in [0.25, 0.3) is 10.7 Å². The van der Waals surface area contributed by atoms with Gasteiger partial charge in [-0.25, -0.2) is 9.97 Å². The Morgan fingerprint density at radius 2 is 2.12 bits per heavy atom. The zero-order valence-electron chi connectivity index (χ0n) is 10.3. The average molecular weight is 248 g/mol. The van der Waals surface area contributed by atoms with Crippen molar-refractivity contribution in [1.82, 2.24) is 15.0 Å². The number of hydrogen-bond donors (Lipinski definition) is 1. The maximum absolute atomic E-state index is 4.60. The van der Waals surface area contributed by atoms with Gasteiger partial charge in [-0.1, -0.05) is 6.92 Å². The van der Waals surface area contributed by atoms with E-state index in [-0.39, 0.29) is 0 Å². The SMILES string of the molecule is CCNc1nc(-c2cncs2)nc(CC)c1C. The minimum Gasteiger partial charge on any atom is -0.370 e. The lowest BCUT2D eigenvalue weighted by molar-refractivity contribution is 0.972. The van der Waals surface area contributed by atoms with Gasteiger partial charge < -0.3 is 5.32 Å². The van der Waals surface area contributed by atoms with Crippen LogP contribution in [0.3, 0.4) is 0 Å². The molecule has 0 aliphatic heterocycles. The number of aryl methyl sites for hydroxylation is 1. The van der Waals surface area contributed by atoms with E-state index >= 15 is 0 Å². The number of rotatable bonds is 4. The van der Waals surface area contributed by atoms with Crippen molar-refractivity contribution in [3.63, 3.8) is 0 Å². The van der Waals surface area contributed by atoms with Crippen LogP contribution in [0.5, 0.6) is 0 Å². The van der Waals surface area contributed by atoms with E-state index in [0.29, 0.717) is 0 Å². The first kappa shape index (κ1) is 12.0. The maximum atomic E-state index is 4.60. The molecule has 0 aliphatic carbocycles. The van der Waals surface area contributed by atoms with Crippen LogP contribution in [-0.4, -0.2) is 21.5 Å². The molecule has 2 aromatic rings. The predicted octanol–water partition coefficient (Wildman–Crippen LogP) is 2.90. The van der Waals surface area contributed by atoms with E-state index in [4.69, 9.17) is 0 Å². The Hall–Kier alpha value is -1.49. The minimum absolute atomic E-state index is 0.769. The third kappa shape index (κ3) is 2.44. The summed E-state index contributed by atoms with van der Waals surface area (Å²) in [6.45, 7) is 7.11. The van der Waals surface area contributed by atoms with Crippen molar-refractivity contribution in [3.8, 4) is 10.7 Å². The lowest BCUT2D eigenvalue weighted by atomic mass is 10.2. The van der Waals surface area contributed by atoms with Gasteiger partial charge in [-0.2, -0.15) is 0 Å². The van der Waals surface area contributed by atoms with Gasteiger partial charge in [0.05, 0.1) is 10.4 Å². The molecule has 0 aromatic carbocycles. The molecule has 0 unspecified atom stereocenters. The van der Waals surface area contributed by atoms with Crippen molar-refractivity contribution in [1.29, 1.82) is 0 Å². The summed E-state index contributed by atoms with van der Waals surface area (Å²) < 4.78 is 0. The second-order valence-corrected chi connectivity index (χ2v) is 4.60. The van der Waals surface area contributed by atoms with E-state index in [1.807, 2.05) is 6.20 Å². The zero-order valence-corrected chi connectivity index (χ0v) is 11.1. The maximum Gasteiger partial charge on any atom is 0.173 e. The highest BCUT2D eigenvalue weighted by Crippen LogP contribution is 2.24. The quantitative estimate of drug-likeness (QED) is 0.904. The van der Waals surface area contributed by atoms with Crippen molar-refractivity contribution in [3.05, 3.63) is 23.0 Å².